The fraction of sp³-hybridized carbons (Fsp3) is 0.727. The van der Waals surface area contributed by atoms with E-state index in [0.29, 0.717) is 6.42 Å². The van der Waals surface area contributed by atoms with Crippen LogP contribution in [0.25, 0.3) is 0 Å². The van der Waals surface area contributed by atoms with Crippen molar-refractivity contribution in [3.63, 3.8) is 0 Å². The number of hydrogen-bond donors (Lipinski definition) is 3. The van der Waals surface area contributed by atoms with Gasteiger partial charge in [0.2, 0.25) is 0 Å². The first-order valence-electron chi connectivity index (χ1n) is 6.00. The summed E-state index contributed by atoms with van der Waals surface area (Å²) >= 11 is 0. The third kappa shape index (κ3) is 6.66. The maximum absolute atomic E-state index is 11.1. The summed E-state index contributed by atoms with van der Waals surface area (Å²) < 4.78 is 14.6. The lowest BCUT2D eigenvalue weighted by Gasteiger charge is -2.30. The molecule has 0 radical (unpaired) electrons. The van der Waals surface area contributed by atoms with Crippen LogP contribution in [0.2, 0.25) is 0 Å². The van der Waals surface area contributed by atoms with E-state index in [1.165, 1.54) is 14.1 Å². The van der Waals surface area contributed by atoms with E-state index >= 15 is 0 Å². The molecule has 0 rings (SSSR count). The van der Waals surface area contributed by atoms with Crippen LogP contribution in [0.3, 0.4) is 0 Å². The third-order valence-electron chi connectivity index (χ3n) is 2.70. The van der Waals surface area contributed by atoms with Gasteiger partial charge in [0, 0.05) is 14.1 Å². The summed E-state index contributed by atoms with van der Waals surface area (Å²) in [7, 11) is 2.83. The molecule has 0 aliphatic rings. The monoisotopic (exact) mass is 291 g/mol. The van der Waals surface area contributed by atoms with Crippen molar-refractivity contribution in [2.75, 3.05) is 33.9 Å². The Morgan fingerprint density at radius 3 is 1.65 bits per heavy atom. The van der Waals surface area contributed by atoms with Crippen LogP contribution in [0.5, 0.6) is 0 Å². The van der Waals surface area contributed by atoms with Crippen molar-refractivity contribution in [3.05, 3.63) is 0 Å². The van der Waals surface area contributed by atoms with Crippen molar-refractivity contribution >= 4 is 18.3 Å². The first-order valence-corrected chi connectivity index (χ1v) is 6.00. The van der Waals surface area contributed by atoms with Crippen molar-refractivity contribution in [2.24, 2.45) is 11.1 Å². The molecule has 3 amide bonds. The number of hydrogen-bond acceptors (Lipinski definition) is 6. The van der Waals surface area contributed by atoms with Crippen LogP contribution in [0.15, 0.2) is 0 Å². The predicted molar refractivity (Wildman–Crippen MR) is 69.1 cm³/mol. The molecule has 0 spiro atoms. The zero-order chi connectivity index (χ0) is 15.6. The van der Waals surface area contributed by atoms with Gasteiger partial charge in [-0.1, -0.05) is 6.92 Å². The van der Waals surface area contributed by atoms with Crippen LogP contribution in [0, 0.1) is 5.41 Å². The number of carbonyl (C=O) groups excluding carboxylic acids is 3. The summed E-state index contributed by atoms with van der Waals surface area (Å²) in [5.41, 5.74) is 4.06. The molecular weight excluding hydrogens is 270 g/mol. The molecule has 0 atom stereocenters. The maximum Gasteiger partial charge on any atom is 0.406 e. The predicted octanol–water partition coefficient (Wildman–Crippen LogP) is 0.190. The van der Waals surface area contributed by atoms with E-state index in [1.807, 2.05) is 0 Å². The molecule has 0 aromatic rings. The zero-order valence-electron chi connectivity index (χ0n) is 11.9. The van der Waals surface area contributed by atoms with Crippen molar-refractivity contribution in [1.29, 1.82) is 0 Å². The molecule has 116 valence electrons. The number of primary amides is 1. The van der Waals surface area contributed by atoms with E-state index in [4.69, 9.17) is 19.9 Å². The Hall–Kier alpha value is -2.19. The number of amides is 3. The highest BCUT2D eigenvalue weighted by Gasteiger charge is 2.33. The molecular formula is C11H21N3O6. The summed E-state index contributed by atoms with van der Waals surface area (Å²) in [6, 6.07) is 0. The van der Waals surface area contributed by atoms with E-state index in [-0.39, 0.29) is 19.8 Å². The lowest BCUT2D eigenvalue weighted by atomic mass is 9.88. The zero-order valence-corrected chi connectivity index (χ0v) is 11.9. The number of ether oxygens (including phenoxy) is 3. The maximum atomic E-state index is 11.1. The Balaban J connectivity index is 4.71. The Morgan fingerprint density at radius 1 is 0.950 bits per heavy atom. The van der Waals surface area contributed by atoms with Gasteiger partial charge in [-0.25, -0.2) is 14.4 Å². The van der Waals surface area contributed by atoms with Gasteiger partial charge in [-0.3, -0.25) is 0 Å². The average Bonchev–Trinajstić information content (AvgIpc) is 2.46. The molecule has 0 fully saturated rings. The molecule has 4 N–H and O–H groups in total. The molecule has 0 aromatic carbocycles. The van der Waals surface area contributed by atoms with Crippen molar-refractivity contribution in [1.82, 2.24) is 10.6 Å². The van der Waals surface area contributed by atoms with Gasteiger partial charge in [0.1, 0.15) is 19.8 Å². The standard InChI is InChI=1S/C11H21N3O6/c1-4-11(5-18-8(12)15,6-19-9(16)13-2)7-20-10(17)14-3/h4-7H2,1-3H3,(H2,12,15)(H,13,16)(H,14,17). The second-order valence-corrected chi connectivity index (χ2v) is 4.11. The van der Waals surface area contributed by atoms with Crippen molar-refractivity contribution in [3.8, 4) is 0 Å². The number of alkyl carbamates (subject to hydrolysis) is 2. The summed E-state index contributed by atoms with van der Waals surface area (Å²) in [5, 5.41) is 4.58. The Labute approximate surface area is 117 Å². The summed E-state index contributed by atoms with van der Waals surface area (Å²) in [5.74, 6) is 0. The number of nitrogens with two attached hydrogens (primary N) is 1. The second-order valence-electron chi connectivity index (χ2n) is 4.11. The minimum Gasteiger partial charge on any atom is -0.449 e. The van der Waals surface area contributed by atoms with Crippen LogP contribution in [0.4, 0.5) is 14.4 Å². The minimum absolute atomic E-state index is 0.0898. The summed E-state index contributed by atoms with van der Waals surface area (Å²) in [6.07, 6.45) is -1.79. The number of nitrogens with one attached hydrogen (secondary N) is 2. The van der Waals surface area contributed by atoms with Gasteiger partial charge in [0.05, 0.1) is 5.41 Å². The largest absolute Gasteiger partial charge is 0.449 e. The van der Waals surface area contributed by atoms with Crippen molar-refractivity contribution < 1.29 is 28.6 Å². The Kier molecular flexibility index (Phi) is 7.87. The average molecular weight is 291 g/mol. The van der Waals surface area contributed by atoms with Gasteiger partial charge in [-0.2, -0.15) is 0 Å². The second kappa shape index (κ2) is 8.83. The summed E-state index contributed by atoms with van der Waals surface area (Å²) in [6.45, 7) is 1.47. The SMILES string of the molecule is CCC(COC(N)=O)(COC(=O)NC)COC(=O)NC. The first kappa shape index (κ1) is 17.8. The normalized spacial score (nSPS) is 10.3. The van der Waals surface area contributed by atoms with Crippen LogP contribution in [-0.4, -0.2) is 52.2 Å². The van der Waals surface area contributed by atoms with E-state index in [1.54, 1.807) is 6.92 Å². The molecule has 0 aliphatic carbocycles. The van der Waals surface area contributed by atoms with Gasteiger partial charge in [-0.05, 0) is 6.42 Å². The topological polar surface area (TPSA) is 129 Å². The first-order chi connectivity index (χ1) is 9.39. The van der Waals surface area contributed by atoms with Crippen molar-refractivity contribution in [2.45, 2.75) is 13.3 Å². The van der Waals surface area contributed by atoms with E-state index in [0.717, 1.165) is 0 Å². The Morgan fingerprint density at radius 2 is 1.35 bits per heavy atom. The smallest absolute Gasteiger partial charge is 0.406 e. The highest BCUT2D eigenvalue weighted by Crippen LogP contribution is 2.24. The summed E-state index contributed by atoms with van der Waals surface area (Å²) in [4.78, 5) is 33.0. The van der Waals surface area contributed by atoms with Gasteiger partial charge < -0.3 is 30.6 Å². The van der Waals surface area contributed by atoms with E-state index in [9.17, 15) is 14.4 Å². The lowest BCUT2D eigenvalue weighted by Crippen LogP contribution is -2.41. The molecule has 9 nitrogen and oxygen atoms in total. The number of rotatable bonds is 7. The highest BCUT2D eigenvalue weighted by molar-refractivity contribution is 5.67. The molecule has 9 heteroatoms. The van der Waals surface area contributed by atoms with Gasteiger partial charge in [0.25, 0.3) is 0 Å². The van der Waals surface area contributed by atoms with Gasteiger partial charge >= 0.3 is 18.3 Å². The molecule has 0 heterocycles. The van der Waals surface area contributed by atoms with Crippen LogP contribution < -0.4 is 16.4 Å². The Bertz CT molecular complexity index is 327. The number of carbonyl (C=O) groups is 3. The molecule has 0 unspecified atom stereocenters. The van der Waals surface area contributed by atoms with Crippen LogP contribution in [0.1, 0.15) is 13.3 Å². The van der Waals surface area contributed by atoms with E-state index in [2.05, 4.69) is 10.6 Å². The van der Waals surface area contributed by atoms with E-state index < -0.39 is 23.7 Å². The molecule has 0 bridgehead atoms. The fourth-order valence-electron chi connectivity index (χ4n) is 1.24. The highest BCUT2D eigenvalue weighted by atomic mass is 16.6. The van der Waals surface area contributed by atoms with Gasteiger partial charge in [0.15, 0.2) is 0 Å². The molecule has 0 saturated heterocycles. The lowest BCUT2D eigenvalue weighted by molar-refractivity contribution is -0.0154. The van der Waals surface area contributed by atoms with Gasteiger partial charge in [-0.15, -0.1) is 0 Å². The molecule has 0 aromatic heterocycles. The fourth-order valence-corrected chi connectivity index (χ4v) is 1.24. The molecule has 20 heavy (non-hydrogen) atoms. The third-order valence-corrected chi connectivity index (χ3v) is 2.70. The minimum atomic E-state index is -0.956. The molecule has 0 saturated carbocycles. The quantitative estimate of drug-likeness (QED) is 0.574. The van der Waals surface area contributed by atoms with Crippen LogP contribution in [-0.2, 0) is 14.2 Å². The molecule has 0 aliphatic heterocycles. The van der Waals surface area contributed by atoms with Crippen LogP contribution >= 0.6 is 0 Å².